The number of amides is 1. The number of sulfonamides is 1. The lowest BCUT2D eigenvalue weighted by molar-refractivity contribution is -0.118. The molecule has 0 atom stereocenters. The molecule has 1 heterocycles. The summed E-state index contributed by atoms with van der Waals surface area (Å²) in [6.45, 7) is 0. The van der Waals surface area contributed by atoms with Crippen LogP contribution in [0, 0.1) is 0 Å². The summed E-state index contributed by atoms with van der Waals surface area (Å²) < 4.78 is 23.4. The molecule has 0 fully saturated rings. The highest BCUT2D eigenvalue weighted by Gasteiger charge is 2.37. The van der Waals surface area contributed by atoms with Crippen molar-refractivity contribution >= 4 is 32.6 Å². The van der Waals surface area contributed by atoms with E-state index in [0.29, 0.717) is 5.56 Å². The van der Waals surface area contributed by atoms with Crippen LogP contribution >= 0.6 is 11.8 Å². The van der Waals surface area contributed by atoms with E-state index >= 15 is 0 Å². The minimum Gasteiger partial charge on any atom is -0.267 e. The summed E-state index contributed by atoms with van der Waals surface area (Å²) in [6.07, 6.45) is 1.01. The van der Waals surface area contributed by atoms with E-state index in [1.54, 1.807) is 30.3 Å². The largest absolute Gasteiger partial charge is 0.281 e. The van der Waals surface area contributed by atoms with Crippen LogP contribution in [-0.2, 0) is 14.8 Å². The van der Waals surface area contributed by atoms with E-state index in [9.17, 15) is 13.2 Å². The van der Waals surface area contributed by atoms with Crippen molar-refractivity contribution in [3.05, 3.63) is 42.0 Å². The molecule has 15 heavy (non-hydrogen) atoms. The third kappa shape index (κ3) is 1.53. The molecule has 6 heteroatoms. The minimum absolute atomic E-state index is 0.0666. The van der Waals surface area contributed by atoms with E-state index in [-0.39, 0.29) is 8.73 Å². The fourth-order valence-electron chi connectivity index (χ4n) is 1.28. The lowest BCUT2D eigenvalue weighted by Gasteiger charge is -2.06. The van der Waals surface area contributed by atoms with Crippen molar-refractivity contribution in [1.29, 1.82) is 0 Å². The summed E-state index contributed by atoms with van der Waals surface area (Å²) in [4.78, 5) is 11.0. The Morgan fingerprint density at radius 1 is 1.13 bits per heavy atom. The molecule has 0 saturated heterocycles. The Kier molecular flexibility index (Phi) is 2.28. The molecule has 4 nitrogen and oxygen atoms in total. The lowest BCUT2D eigenvalue weighted by atomic mass is 10.2. The first-order chi connectivity index (χ1) is 7.03. The molecule has 0 spiro atoms. The summed E-state index contributed by atoms with van der Waals surface area (Å²) in [5, 5.41) is 0. The number of carbonyl (C=O) groups excluding carboxylic acids is 1. The van der Waals surface area contributed by atoms with Crippen LogP contribution in [0.4, 0.5) is 0 Å². The highest BCUT2D eigenvalue weighted by atomic mass is 35.5. The van der Waals surface area contributed by atoms with Crippen molar-refractivity contribution in [2.24, 2.45) is 0 Å². The average Bonchev–Trinajstić information content (AvgIpc) is 2.43. The molecule has 0 saturated carbocycles. The topological polar surface area (TPSA) is 54.5 Å². The Morgan fingerprint density at radius 3 is 2.20 bits per heavy atom. The monoisotopic (exact) mass is 243 g/mol. The van der Waals surface area contributed by atoms with Gasteiger partial charge in [0, 0.05) is 17.9 Å². The molecule has 0 unspecified atom stereocenters. The molecule has 0 N–H and O–H groups in total. The maximum atomic E-state index is 11.6. The zero-order valence-corrected chi connectivity index (χ0v) is 8.99. The molecule has 0 radical (unpaired) electrons. The van der Waals surface area contributed by atoms with Crippen molar-refractivity contribution in [1.82, 2.24) is 3.82 Å². The molecule has 1 aliphatic rings. The predicted octanol–water partition coefficient (Wildman–Crippen LogP) is 1.35. The molecule has 1 amide bonds. The van der Waals surface area contributed by atoms with Gasteiger partial charge in [-0.05, 0) is 5.56 Å². The second-order valence-corrected chi connectivity index (χ2v) is 5.23. The normalized spacial score (nSPS) is 19.1. The van der Waals surface area contributed by atoms with Crippen LogP contribution in [0.15, 0.2) is 36.4 Å². The highest BCUT2D eigenvalue weighted by molar-refractivity contribution is 8.00. The van der Waals surface area contributed by atoms with E-state index < -0.39 is 15.9 Å². The van der Waals surface area contributed by atoms with Gasteiger partial charge < -0.3 is 0 Å². The Bertz CT molecular complexity index is 536. The van der Waals surface area contributed by atoms with Crippen LogP contribution in [0.25, 0.3) is 4.91 Å². The number of nitrogens with zero attached hydrogens (tertiary/aromatic N) is 1. The molecular formula is C9H6ClNO3S. The van der Waals surface area contributed by atoms with Gasteiger partial charge in [-0.2, -0.15) is 8.42 Å². The molecular weight excluding hydrogens is 238 g/mol. The van der Waals surface area contributed by atoms with Crippen molar-refractivity contribution in [3.8, 4) is 0 Å². The minimum atomic E-state index is -3.86. The van der Waals surface area contributed by atoms with E-state index in [0.717, 1.165) is 6.08 Å². The summed E-state index contributed by atoms with van der Waals surface area (Å²) in [6, 6.07) is 8.34. The first-order valence-corrected chi connectivity index (χ1v) is 5.83. The molecule has 0 bridgehead atoms. The molecule has 1 aliphatic heterocycles. The number of benzene rings is 1. The molecule has 0 aliphatic carbocycles. The van der Waals surface area contributed by atoms with Crippen molar-refractivity contribution in [2.45, 2.75) is 0 Å². The van der Waals surface area contributed by atoms with E-state index in [1.165, 1.54) is 0 Å². The van der Waals surface area contributed by atoms with E-state index in [1.807, 2.05) is 0 Å². The van der Waals surface area contributed by atoms with Gasteiger partial charge in [0.15, 0.2) is 0 Å². The fourth-order valence-corrected chi connectivity index (χ4v) is 2.69. The third-order valence-corrected chi connectivity index (χ3v) is 4.20. The van der Waals surface area contributed by atoms with Crippen LogP contribution in [0.1, 0.15) is 5.56 Å². The second kappa shape index (κ2) is 3.36. The van der Waals surface area contributed by atoms with Gasteiger partial charge in [0.2, 0.25) is 0 Å². The van der Waals surface area contributed by atoms with Gasteiger partial charge in [0.1, 0.15) is 4.91 Å². The maximum Gasteiger partial charge on any atom is 0.281 e. The van der Waals surface area contributed by atoms with Gasteiger partial charge in [-0.1, -0.05) is 30.3 Å². The second-order valence-electron chi connectivity index (χ2n) is 2.93. The van der Waals surface area contributed by atoms with Crippen LogP contribution in [0.5, 0.6) is 0 Å². The van der Waals surface area contributed by atoms with Gasteiger partial charge in [-0.15, -0.1) is 3.82 Å². The van der Waals surface area contributed by atoms with Crippen LogP contribution in [0.2, 0.25) is 0 Å². The van der Waals surface area contributed by atoms with Crippen LogP contribution in [0.3, 0.4) is 0 Å². The first-order valence-electron chi connectivity index (χ1n) is 4.05. The Balaban J connectivity index is 2.58. The molecule has 0 aromatic heterocycles. The molecule has 78 valence electrons. The Labute approximate surface area is 91.9 Å². The summed E-state index contributed by atoms with van der Waals surface area (Å²) in [5.41, 5.74) is 0.453. The number of rotatable bonds is 1. The average molecular weight is 244 g/mol. The Morgan fingerprint density at radius 2 is 1.73 bits per heavy atom. The van der Waals surface area contributed by atoms with Gasteiger partial charge in [-0.25, -0.2) is 0 Å². The van der Waals surface area contributed by atoms with Crippen LogP contribution < -0.4 is 0 Å². The fraction of sp³-hybridized carbons (Fsp3) is 0. The van der Waals surface area contributed by atoms with Gasteiger partial charge in [0.25, 0.3) is 15.9 Å². The number of hydrogen-bond acceptors (Lipinski definition) is 3. The molecule has 1 aromatic carbocycles. The summed E-state index contributed by atoms with van der Waals surface area (Å²) in [7, 11) is -3.86. The van der Waals surface area contributed by atoms with E-state index in [2.05, 4.69) is 0 Å². The number of halogens is 1. The standard InChI is InChI=1S/C9H6ClNO3S/c10-11-9(12)6-8(15(11,13)14)7-4-2-1-3-5-7/h1-6H. The summed E-state index contributed by atoms with van der Waals surface area (Å²) in [5.74, 6) is -0.740. The van der Waals surface area contributed by atoms with Gasteiger partial charge in [-0.3, -0.25) is 4.79 Å². The number of carbonyl (C=O) groups is 1. The van der Waals surface area contributed by atoms with Crippen molar-refractivity contribution in [3.63, 3.8) is 0 Å². The maximum absolute atomic E-state index is 11.6. The van der Waals surface area contributed by atoms with Gasteiger partial charge >= 0.3 is 0 Å². The van der Waals surface area contributed by atoms with E-state index in [4.69, 9.17) is 11.8 Å². The molecule has 1 aromatic rings. The zero-order chi connectivity index (χ0) is 11.1. The van der Waals surface area contributed by atoms with Gasteiger partial charge in [0.05, 0.1) is 0 Å². The highest BCUT2D eigenvalue weighted by Crippen LogP contribution is 2.31. The number of hydrogen-bond donors (Lipinski definition) is 0. The quantitative estimate of drug-likeness (QED) is 0.700. The zero-order valence-electron chi connectivity index (χ0n) is 7.42. The third-order valence-electron chi connectivity index (χ3n) is 1.98. The van der Waals surface area contributed by atoms with Crippen molar-refractivity contribution < 1.29 is 13.2 Å². The Hall–Kier alpha value is -1.33. The molecule has 2 rings (SSSR count). The summed E-state index contributed by atoms with van der Waals surface area (Å²) >= 11 is 5.34. The van der Waals surface area contributed by atoms with Crippen molar-refractivity contribution in [2.75, 3.05) is 0 Å². The lowest BCUT2D eigenvalue weighted by Crippen LogP contribution is -2.20. The smallest absolute Gasteiger partial charge is 0.267 e. The first kappa shape index (κ1) is 10.2. The SMILES string of the molecule is O=C1C=C(c2ccccc2)S(=O)(=O)N1Cl. The van der Waals surface area contributed by atoms with Crippen LogP contribution in [-0.4, -0.2) is 18.1 Å². The predicted molar refractivity (Wildman–Crippen MR) is 56.0 cm³/mol.